The van der Waals surface area contributed by atoms with Crippen LogP contribution in [0.25, 0.3) is 0 Å². The fourth-order valence-corrected chi connectivity index (χ4v) is 9.40. The molecule has 0 fully saturated rings. The van der Waals surface area contributed by atoms with Crippen molar-refractivity contribution in [2.45, 2.75) is 348 Å². The van der Waals surface area contributed by atoms with Crippen LogP contribution in [-0.4, -0.2) is 37.2 Å². The summed E-state index contributed by atoms with van der Waals surface area (Å²) < 4.78 is 16.9. The highest BCUT2D eigenvalue weighted by atomic mass is 16.6. The summed E-state index contributed by atoms with van der Waals surface area (Å²) in [7, 11) is 0. The second-order valence-electron chi connectivity index (χ2n) is 21.3. The van der Waals surface area contributed by atoms with E-state index in [2.05, 4.69) is 57.2 Å². The molecule has 0 unspecified atom stereocenters. The van der Waals surface area contributed by atoms with E-state index in [9.17, 15) is 14.4 Å². The molecule has 6 heteroatoms. The Bertz CT molecular complexity index is 1190. The predicted octanol–water partition coefficient (Wildman–Crippen LogP) is 21.2. The summed E-state index contributed by atoms with van der Waals surface area (Å²) in [5, 5.41) is 0. The van der Waals surface area contributed by atoms with Gasteiger partial charge in [-0.1, -0.05) is 308 Å². The summed E-state index contributed by atoms with van der Waals surface area (Å²) in [6, 6.07) is 0. The topological polar surface area (TPSA) is 78.9 Å². The van der Waals surface area contributed by atoms with Crippen molar-refractivity contribution in [1.82, 2.24) is 0 Å². The first-order valence-electron chi connectivity index (χ1n) is 31.5. The van der Waals surface area contributed by atoms with Crippen LogP contribution in [0.3, 0.4) is 0 Å². The fraction of sp³-hybridized carbons (Fsp3) is 0.862. The first-order valence-corrected chi connectivity index (χ1v) is 31.5. The zero-order valence-electron chi connectivity index (χ0n) is 47.8. The highest BCUT2D eigenvalue weighted by molar-refractivity contribution is 5.71. The van der Waals surface area contributed by atoms with E-state index in [1.54, 1.807) is 0 Å². The molecule has 6 nitrogen and oxygen atoms in total. The van der Waals surface area contributed by atoms with Crippen molar-refractivity contribution >= 4 is 17.9 Å². The molecular weight excluding hydrogens is 877 g/mol. The Kier molecular flexibility index (Phi) is 58.2. The highest BCUT2D eigenvalue weighted by Crippen LogP contribution is 2.18. The van der Waals surface area contributed by atoms with Gasteiger partial charge in [-0.2, -0.15) is 0 Å². The molecule has 0 spiro atoms. The third-order valence-electron chi connectivity index (χ3n) is 14.1. The van der Waals surface area contributed by atoms with Gasteiger partial charge in [0.15, 0.2) is 6.10 Å². The average Bonchev–Trinajstić information content (AvgIpc) is 3.37. The molecule has 0 saturated carbocycles. The van der Waals surface area contributed by atoms with Crippen molar-refractivity contribution in [3.8, 4) is 0 Å². The van der Waals surface area contributed by atoms with Crippen LogP contribution in [0.2, 0.25) is 0 Å². The maximum Gasteiger partial charge on any atom is 0.306 e. The van der Waals surface area contributed by atoms with Crippen LogP contribution in [0.5, 0.6) is 0 Å². The molecule has 0 aliphatic heterocycles. The van der Waals surface area contributed by atoms with Crippen LogP contribution in [0.15, 0.2) is 36.5 Å². The minimum atomic E-state index is -0.788. The SMILES string of the molecule is CCCCCCCC/C=C\C/C=C\C/C=C\CCCC(=O)OC[C@H](COC(=O)CCCCCCCCCCCCCCCCC)OC(=O)CCCCCCCCCCCCCCCCCCCCCCC. The van der Waals surface area contributed by atoms with E-state index >= 15 is 0 Å². The zero-order chi connectivity index (χ0) is 51.4. The van der Waals surface area contributed by atoms with E-state index in [1.807, 2.05) is 0 Å². The molecule has 1 atom stereocenters. The third-order valence-corrected chi connectivity index (χ3v) is 14.1. The van der Waals surface area contributed by atoms with Crippen molar-refractivity contribution in [3.05, 3.63) is 36.5 Å². The van der Waals surface area contributed by atoms with Crippen molar-refractivity contribution in [3.63, 3.8) is 0 Å². The quantitative estimate of drug-likeness (QED) is 0.0261. The van der Waals surface area contributed by atoms with Crippen LogP contribution < -0.4 is 0 Å². The van der Waals surface area contributed by atoms with E-state index in [1.165, 1.54) is 238 Å². The molecule has 0 saturated heterocycles. The standard InChI is InChI=1S/C65H120O6/c1-4-7-10-13-16-19-22-25-28-30-31-32-33-35-38-41-44-47-50-53-56-59-65(68)71-62(60-69-63(66)57-54-51-48-45-42-39-36-27-24-21-18-15-12-9-6-3)61-70-64(67)58-55-52-49-46-43-40-37-34-29-26-23-20-17-14-11-8-5-2/h26,29,37,40,46,49,62H,4-25,27-28,30-36,38-39,41-45,47-48,50-61H2,1-3H3/b29-26-,40-37-,49-46-/t62-/m0/s1. The number of unbranched alkanes of at least 4 members (excludes halogenated alkanes) is 41. The van der Waals surface area contributed by atoms with Gasteiger partial charge in [-0.25, -0.2) is 0 Å². The lowest BCUT2D eigenvalue weighted by molar-refractivity contribution is -0.167. The van der Waals surface area contributed by atoms with Gasteiger partial charge in [-0.15, -0.1) is 0 Å². The van der Waals surface area contributed by atoms with Gasteiger partial charge in [0, 0.05) is 19.3 Å². The van der Waals surface area contributed by atoms with Crippen molar-refractivity contribution in [1.29, 1.82) is 0 Å². The van der Waals surface area contributed by atoms with Gasteiger partial charge in [-0.3, -0.25) is 14.4 Å². The lowest BCUT2D eigenvalue weighted by Gasteiger charge is -2.18. The molecule has 0 aromatic heterocycles. The van der Waals surface area contributed by atoms with Gasteiger partial charge in [0.05, 0.1) is 0 Å². The summed E-state index contributed by atoms with van der Waals surface area (Å²) >= 11 is 0. The minimum absolute atomic E-state index is 0.0823. The van der Waals surface area contributed by atoms with Crippen molar-refractivity contribution in [2.24, 2.45) is 0 Å². The lowest BCUT2D eigenvalue weighted by Crippen LogP contribution is -2.30. The Morgan fingerprint density at radius 2 is 0.521 bits per heavy atom. The van der Waals surface area contributed by atoms with Crippen LogP contribution in [0.1, 0.15) is 342 Å². The maximum absolute atomic E-state index is 12.9. The number of hydrogen-bond acceptors (Lipinski definition) is 6. The molecule has 71 heavy (non-hydrogen) atoms. The summed E-state index contributed by atoms with van der Waals surface area (Å²) in [6.45, 7) is 6.65. The molecule has 0 aliphatic carbocycles. The first-order chi connectivity index (χ1) is 35.0. The Morgan fingerprint density at radius 1 is 0.282 bits per heavy atom. The highest BCUT2D eigenvalue weighted by Gasteiger charge is 2.19. The summed E-state index contributed by atoms with van der Waals surface area (Å²) in [5.74, 6) is -0.913. The Labute approximate surface area is 442 Å². The maximum atomic E-state index is 12.9. The van der Waals surface area contributed by atoms with Gasteiger partial charge in [0.25, 0.3) is 0 Å². The van der Waals surface area contributed by atoms with Crippen LogP contribution in [0.4, 0.5) is 0 Å². The summed E-state index contributed by atoms with van der Waals surface area (Å²) in [4.78, 5) is 38.2. The first kappa shape index (κ1) is 68.6. The zero-order valence-corrected chi connectivity index (χ0v) is 47.8. The van der Waals surface area contributed by atoms with E-state index in [4.69, 9.17) is 14.2 Å². The molecule has 0 radical (unpaired) electrons. The molecule has 0 amide bonds. The van der Waals surface area contributed by atoms with Gasteiger partial charge in [0.1, 0.15) is 13.2 Å². The Hall–Kier alpha value is -2.37. The molecule has 0 rings (SSSR count). The van der Waals surface area contributed by atoms with E-state index in [0.29, 0.717) is 25.7 Å². The van der Waals surface area contributed by atoms with Crippen LogP contribution in [0, 0.1) is 0 Å². The number of carbonyl (C=O) groups excluding carboxylic acids is 3. The number of ether oxygens (including phenoxy) is 3. The van der Waals surface area contributed by atoms with Gasteiger partial charge in [0.2, 0.25) is 0 Å². The summed E-state index contributed by atoms with van der Waals surface area (Å²) in [6.07, 6.45) is 73.0. The second kappa shape index (κ2) is 60.2. The normalized spacial score (nSPS) is 12.2. The molecule has 0 aliphatic rings. The van der Waals surface area contributed by atoms with Crippen molar-refractivity contribution < 1.29 is 28.6 Å². The molecule has 0 bridgehead atoms. The predicted molar refractivity (Wildman–Crippen MR) is 307 cm³/mol. The largest absolute Gasteiger partial charge is 0.462 e. The van der Waals surface area contributed by atoms with Crippen LogP contribution >= 0.6 is 0 Å². The van der Waals surface area contributed by atoms with Gasteiger partial charge < -0.3 is 14.2 Å². The number of carbonyl (C=O) groups is 3. The Balaban J connectivity index is 4.36. The molecular formula is C65H120O6. The third kappa shape index (κ3) is 58.4. The molecule has 0 aromatic carbocycles. The molecule has 0 N–H and O–H groups in total. The van der Waals surface area contributed by atoms with Crippen LogP contribution in [-0.2, 0) is 28.6 Å². The molecule has 0 heterocycles. The lowest BCUT2D eigenvalue weighted by atomic mass is 10.0. The van der Waals surface area contributed by atoms with Gasteiger partial charge in [-0.05, 0) is 51.4 Å². The number of allylic oxidation sites excluding steroid dienone is 6. The summed E-state index contributed by atoms with van der Waals surface area (Å²) in [5.41, 5.74) is 0. The average molecular weight is 998 g/mol. The second-order valence-corrected chi connectivity index (χ2v) is 21.3. The monoisotopic (exact) mass is 997 g/mol. The van der Waals surface area contributed by atoms with Crippen molar-refractivity contribution in [2.75, 3.05) is 13.2 Å². The fourth-order valence-electron chi connectivity index (χ4n) is 9.40. The van der Waals surface area contributed by atoms with Gasteiger partial charge >= 0.3 is 17.9 Å². The Morgan fingerprint density at radius 3 is 0.845 bits per heavy atom. The molecule has 416 valence electrons. The molecule has 0 aromatic rings. The van der Waals surface area contributed by atoms with E-state index < -0.39 is 6.10 Å². The van der Waals surface area contributed by atoms with E-state index in [-0.39, 0.29) is 31.1 Å². The number of hydrogen-bond donors (Lipinski definition) is 0. The number of esters is 3. The number of rotatable bonds is 58. The minimum Gasteiger partial charge on any atom is -0.462 e. The smallest absolute Gasteiger partial charge is 0.306 e. The van der Waals surface area contributed by atoms with E-state index in [0.717, 1.165) is 57.8 Å².